The van der Waals surface area contributed by atoms with Crippen LogP contribution in [0, 0.1) is 0 Å². The van der Waals surface area contributed by atoms with Gasteiger partial charge in [0.15, 0.2) is 0 Å². The molecule has 3 nitrogen and oxygen atoms in total. The quantitative estimate of drug-likeness (QED) is 0.882. The third-order valence-corrected chi connectivity index (χ3v) is 4.41. The lowest BCUT2D eigenvalue weighted by Gasteiger charge is -2.28. The Hall–Kier alpha value is -1.00. The fourth-order valence-electron chi connectivity index (χ4n) is 2.09. The minimum atomic E-state index is -0.758. The summed E-state index contributed by atoms with van der Waals surface area (Å²) in [7, 11) is 0. The van der Waals surface area contributed by atoms with E-state index in [1.165, 1.54) is 11.1 Å². The number of thioether (sulfide) groups is 1. The summed E-state index contributed by atoms with van der Waals surface area (Å²) < 4.78 is 0. The minimum absolute atomic E-state index is 0.145. The van der Waals surface area contributed by atoms with Gasteiger partial charge < -0.3 is 5.11 Å². The molecule has 0 amide bonds. The van der Waals surface area contributed by atoms with Crippen LogP contribution in [0.15, 0.2) is 24.3 Å². The predicted molar refractivity (Wildman–Crippen MR) is 75.2 cm³/mol. The van der Waals surface area contributed by atoms with E-state index in [9.17, 15) is 4.79 Å². The van der Waals surface area contributed by atoms with Gasteiger partial charge in [-0.1, -0.05) is 38.1 Å². The highest BCUT2D eigenvalue weighted by Crippen LogP contribution is 2.26. The number of benzene rings is 1. The van der Waals surface area contributed by atoms with Crippen molar-refractivity contribution < 1.29 is 9.90 Å². The highest BCUT2D eigenvalue weighted by Gasteiger charge is 2.27. The SMILES string of the molecule is CC(C)c1ccc(C2CSCC(C(=O)O)N2)cc1. The van der Waals surface area contributed by atoms with Crippen LogP contribution in [-0.4, -0.2) is 28.6 Å². The zero-order valence-corrected chi connectivity index (χ0v) is 11.5. The first kappa shape index (κ1) is 13.4. The molecule has 1 aromatic carbocycles. The van der Waals surface area contributed by atoms with Crippen molar-refractivity contribution >= 4 is 17.7 Å². The molecule has 1 saturated heterocycles. The van der Waals surface area contributed by atoms with Gasteiger partial charge in [0, 0.05) is 17.5 Å². The predicted octanol–water partition coefficient (Wildman–Crippen LogP) is 2.64. The van der Waals surface area contributed by atoms with Crippen LogP contribution in [0.4, 0.5) is 0 Å². The van der Waals surface area contributed by atoms with Gasteiger partial charge in [-0.15, -0.1) is 0 Å². The van der Waals surface area contributed by atoms with Crippen molar-refractivity contribution in [3.63, 3.8) is 0 Å². The Kier molecular flexibility index (Phi) is 4.30. The zero-order valence-electron chi connectivity index (χ0n) is 10.7. The highest BCUT2D eigenvalue weighted by molar-refractivity contribution is 7.99. The summed E-state index contributed by atoms with van der Waals surface area (Å²) >= 11 is 1.70. The Bertz CT molecular complexity index is 416. The van der Waals surface area contributed by atoms with E-state index < -0.39 is 12.0 Å². The van der Waals surface area contributed by atoms with Crippen LogP contribution in [0.3, 0.4) is 0 Å². The second-order valence-electron chi connectivity index (χ2n) is 4.97. The number of nitrogens with one attached hydrogen (secondary N) is 1. The van der Waals surface area contributed by atoms with Gasteiger partial charge >= 0.3 is 5.97 Å². The number of carbonyl (C=O) groups is 1. The summed E-state index contributed by atoms with van der Waals surface area (Å²) in [6.45, 7) is 4.34. The summed E-state index contributed by atoms with van der Waals surface area (Å²) in [5.41, 5.74) is 2.50. The van der Waals surface area contributed by atoms with Crippen molar-refractivity contribution in [2.24, 2.45) is 0 Å². The fourth-order valence-corrected chi connectivity index (χ4v) is 3.23. The third kappa shape index (κ3) is 3.06. The van der Waals surface area contributed by atoms with Gasteiger partial charge in [-0.2, -0.15) is 11.8 Å². The first-order valence-corrected chi connectivity index (χ1v) is 7.40. The van der Waals surface area contributed by atoms with Gasteiger partial charge in [0.2, 0.25) is 0 Å². The maximum absolute atomic E-state index is 11.0. The van der Waals surface area contributed by atoms with Gasteiger partial charge in [0.05, 0.1) is 0 Å². The van der Waals surface area contributed by atoms with Gasteiger partial charge in [-0.25, -0.2) is 0 Å². The van der Waals surface area contributed by atoms with Crippen LogP contribution in [0.5, 0.6) is 0 Å². The number of carboxylic acid groups (broad SMARTS) is 1. The fraction of sp³-hybridized carbons (Fsp3) is 0.500. The van der Waals surface area contributed by atoms with Gasteiger partial charge in [-0.3, -0.25) is 10.1 Å². The van der Waals surface area contributed by atoms with Crippen LogP contribution in [-0.2, 0) is 4.79 Å². The molecule has 2 N–H and O–H groups in total. The molecular weight excluding hydrogens is 246 g/mol. The van der Waals surface area contributed by atoms with E-state index in [1.807, 2.05) is 0 Å². The summed E-state index contributed by atoms with van der Waals surface area (Å²) in [6, 6.07) is 8.20. The third-order valence-electron chi connectivity index (χ3n) is 3.28. The Morgan fingerprint density at radius 1 is 1.33 bits per heavy atom. The molecule has 98 valence electrons. The molecule has 0 bridgehead atoms. The van der Waals surface area contributed by atoms with E-state index in [0.717, 1.165) is 5.75 Å². The Morgan fingerprint density at radius 2 is 2.00 bits per heavy atom. The molecule has 18 heavy (non-hydrogen) atoms. The number of carboxylic acids is 1. The molecule has 2 atom stereocenters. The van der Waals surface area contributed by atoms with Crippen molar-refractivity contribution in [1.29, 1.82) is 0 Å². The summed E-state index contributed by atoms with van der Waals surface area (Å²) in [4.78, 5) is 11.0. The molecule has 0 saturated carbocycles. The van der Waals surface area contributed by atoms with Crippen molar-refractivity contribution in [3.05, 3.63) is 35.4 Å². The molecule has 2 unspecified atom stereocenters. The molecule has 2 rings (SSSR count). The maximum atomic E-state index is 11.0. The average molecular weight is 265 g/mol. The number of hydrogen-bond donors (Lipinski definition) is 2. The largest absolute Gasteiger partial charge is 0.480 e. The van der Waals surface area contributed by atoms with Gasteiger partial charge in [0.1, 0.15) is 6.04 Å². The van der Waals surface area contributed by atoms with E-state index in [0.29, 0.717) is 11.7 Å². The van der Waals surface area contributed by atoms with Crippen LogP contribution < -0.4 is 5.32 Å². The number of aliphatic carboxylic acids is 1. The zero-order chi connectivity index (χ0) is 13.1. The summed E-state index contributed by atoms with van der Waals surface area (Å²) in [5, 5.41) is 12.2. The van der Waals surface area contributed by atoms with E-state index in [1.54, 1.807) is 11.8 Å². The molecule has 0 aromatic heterocycles. The van der Waals surface area contributed by atoms with Crippen LogP contribution in [0.1, 0.15) is 36.9 Å². The van der Waals surface area contributed by atoms with E-state index in [2.05, 4.69) is 43.4 Å². The normalized spacial score (nSPS) is 24.2. The van der Waals surface area contributed by atoms with Crippen molar-refractivity contribution in [1.82, 2.24) is 5.32 Å². The van der Waals surface area contributed by atoms with Gasteiger partial charge in [-0.05, 0) is 17.0 Å². The van der Waals surface area contributed by atoms with E-state index in [-0.39, 0.29) is 6.04 Å². The standard InChI is InChI=1S/C14H19NO2S/c1-9(2)10-3-5-11(6-4-10)12-7-18-8-13(15-12)14(16)17/h3-6,9,12-13,15H,7-8H2,1-2H3,(H,16,17). The second kappa shape index (κ2) is 5.76. The highest BCUT2D eigenvalue weighted by atomic mass is 32.2. The Morgan fingerprint density at radius 3 is 2.56 bits per heavy atom. The molecule has 0 radical (unpaired) electrons. The van der Waals surface area contributed by atoms with E-state index >= 15 is 0 Å². The monoisotopic (exact) mass is 265 g/mol. The lowest BCUT2D eigenvalue weighted by atomic mass is 9.99. The van der Waals surface area contributed by atoms with Crippen LogP contribution >= 0.6 is 11.8 Å². The maximum Gasteiger partial charge on any atom is 0.321 e. The molecule has 1 aliphatic rings. The molecule has 0 spiro atoms. The Balaban J connectivity index is 2.09. The van der Waals surface area contributed by atoms with Gasteiger partial charge in [0.25, 0.3) is 0 Å². The van der Waals surface area contributed by atoms with Crippen molar-refractivity contribution in [2.45, 2.75) is 31.8 Å². The second-order valence-corrected chi connectivity index (χ2v) is 6.04. The summed E-state index contributed by atoms with van der Waals surface area (Å²) in [6.07, 6.45) is 0. The van der Waals surface area contributed by atoms with Crippen LogP contribution in [0.25, 0.3) is 0 Å². The summed E-state index contributed by atoms with van der Waals surface area (Å²) in [5.74, 6) is 1.35. The number of hydrogen-bond acceptors (Lipinski definition) is 3. The minimum Gasteiger partial charge on any atom is -0.480 e. The van der Waals surface area contributed by atoms with Crippen molar-refractivity contribution in [2.75, 3.05) is 11.5 Å². The number of rotatable bonds is 3. The average Bonchev–Trinajstić information content (AvgIpc) is 2.39. The lowest BCUT2D eigenvalue weighted by Crippen LogP contribution is -2.45. The first-order valence-electron chi connectivity index (χ1n) is 6.24. The molecule has 0 aliphatic carbocycles. The molecule has 1 aromatic rings. The molecular formula is C14H19NO2S. The lowest BCUT2D eigenvalue weighted by molar-refractivity contribution is -0.139. The van der Waals surface area contributed by atoms with Crippen molar-refractivity contribution in [3.8, 4) is 0 Å². The molecule has 1 aliphatic heterocycles. The first-order chi connectivity index (χ1) is 8.58. The topological polar surface area (TPSA) is 49.3 Å². The smallest absolute Gasteiger partial charge is 0.321 e. The molecule has 1 fully saturated rings. The Labute approximate surface area is 112 Å². The van der Waals surface area contributed by atoms with Crippen LogP contribution in [0.2, 0.25) is 0 Å². The molecule has 4 heteroatoms. The molecule has 1 heterocycles. The van der Waals surface area contributed by atoms with E-state index in [4.69, 9.17) is 5.11 Å².